The second-order valence-electron chi connectivity index (χ2n) is 7.58. The number of ether oxygens (including phenoxy) is 2. The molecule has 1 amide bonds. The van der Waals surface area contributed by atoms with Crippen molar-refractivity contribution in [1.82, 2.24) is 0 Å². The molecule has 2 atom stereocenters. The summed E-state index contributed by atoms with van der Waals surface area (Å²) in [5.41, 5.74) is 3.25. The van der Waals surface area contributed by atoms with Crippen LogP contribution in [0.25, 0.3) is 0 Å². The van der Waals surface area contributed by atoms with Crippen LogP contribution in [0.5, 0.6) is 11.5 Å². The number of β-lactam (4-membered cyclic amide) rings is 1. The summed E-state index contributed by atoms with van der Waals surface area (Å²) in [7, 11) is 3.33. The molecule has 1 heterocycles. The molecule has 30 heavy (non-hydrogen) atoms. The zero-order valence-corrected chi connectivity index (χ0v) is 17.5. The molecular weight excluding hydrogens is 374 g/mol. The summed E-state index contributed by atoms with van der Waals surface area (Å²) < 4.78 is 10.9. The number of amides is 1. The van der Waals surface area contributed by atoms with Gasteiger partial charge in [0.15, 0.2) is 0 Å². The van der Waals surface area contributed by atoms with Gasteiger partial charge >= 0.3 is 0 Å². The van der Waals surface area contributed by atoms with Crippen molar-refractivity contribution in [1.29, 1.82) is 0 Å². The maximum Gasteiger partial charge on any atom is 0.233 e. The second kappa shape index (κ2) is 9.04. The number of aryl methyl sites for hydroxylation is 1. The molecular formula is C26H27NO3. The average Bonchev–Trinajstić information content (AvgIpc) is 2.81. The van der Waals surface area contributed by atoms with Crippen LogP contribution in [-0.2, 0) is 11.2 Å². The van der Waals surface area contributed by atoms with E-state index in [1.165, 1.54) is 5.56 Å². The van der Waals surface area contributed by atoms with Gasteiger partial charge in [-0.3, -0.25) is 4.79 Å². The molecule has 0 N–H and O–H groups in total. The van der Waals surface area contributed by atoms with Crippen LogP contribution in [0.2, 0.25) is 0 Å². The second-order valence-corrected chi connectivity index (χ2v) is 7.58. The molecule has 0 radical (unpaired) electrons. The zero-order chi connectivity index (χ0) is 20.9. The molecule has 4 nitrogen and oxygen atoms in total. The van der Waals surface area contributed by atoms with Gasteiger partial charge in [0.1, 0.15) is 11.5 Å². The summed E-state index contributed by atoms with van der Waals surface area (Å²) in [4.78, 5) is 15.1. The first-order valence-electron chi connectivity index (χ1n) is 10.4. The van der Waals surface area contributed by atoms with Gasteiger partial charge in [-0.2, -0.15) is 0 Å². The van der Waals surface area contributed by atoms with Gasteiger partial charge in [-0.15, -0.1) is 0 Å². The Morgan fingerprint density at radius 2 is 1.53 bits per heavy atom. The highest BCUT2D eigenvalue weighted by Gasteiger charge is 2.49. The summed E-state index contributed by atoms with van der Waals surface area (Å²) in [6.07, 6.45) is 2.80. The predicted molar refractivity (Wildman–Crippen MR) is 119 cm³/mol. The first kappa shape index (κ1) is 20.0. The Bertz CT molecular complexity index is 985. The van der Waals surface area contributed by atoms with Crippen LogP contribution in [-0.4, -0.2) is 20.1 Å². The van der Waals surface area contributed by atoms with E-state index < -0.39 is 0 Å². The largest absolute Gasteiger partial charge is 0.497 e. The Morgan fingerprint density at radius 1 is 0.833 bits per heavy atom. The van der Waals surface area contributed by atoms with Crippen molar-refractivity contribution >= 4 is 11.6 Å². The number of methoxy groups -OCH3 is 2. The third kappa shape index (κ3) is 3.90. The molecule has 0 aliphatic carbocycles. The van der Waals surface area contributed by atoms with Crippen LogP contribution >= 0.6 is 0 Å². The van der Waals surface area contributed by atoms with Crippen molar-refractivity contribution in [2.45, 2.75) is 25.3 Å². The van der Waals surface area contributed by atoms with Gasteiger partial charge < -0.3 is 14.4 Å². The van der Waals surface area contributed by atoms with Crippen molar-refractivity contribution in [3.8, 4) is 11.5 Å². The van der Waals surface area contributed by atoms with Gasteiger partial charge in [-0.25, -0.2) is 0 Å². The number of nitrogens with zero attached hydrogens (tertiary/aromatic N) is 1. The molecule has 3 aromatic carbocycles. The van der Waals surface area contributed by atoms with Crippen LogP contribution in [0.3, 0.4) is 0 Å². The zero-order valence-electron chi connectivity index (χ0n) is 17.5. The number of carbonyl (C=O) groups is 1. The summed E-state index contributed by atoms with van der Waals surface area (Å²) >= 11 is 0. The lowest BCUT2D eigenvalue weighted by Crippen LogP contribution is -2.55. The lowest BCUT2D eigenvalue weighted by molar-refractivity contribution is -0.130. The predicted octanol–water partition coefficient (Wildman–Crippen LogP) is 5.43. The molecule has 4 rings (SSSR count). The highest BCUT2D eigenvalue weighted by molar-refractivity contribution is 6.03. The molecule has 0 unspecified atom stereocenters. The molecule has 0 aromatic heterocycles. The third-order valence-corrected chi connectivity index (χ3v) is 5.85. The average molecular weight is 402 g/mol. The van der Waals surface area contributed by atoms with Gasteiger partial charge in [-0.1, -0.05) is 48.5 Å². The first-order chi connectivity index (χ1) is 14.7. The normalized spacial score (nSPS) is 18.1. The Hall–Kier alpha value is -3.27. The first-order valence-corrected chi connectivity index (χ1v) is 10.4. The van der Waals surface area contributed by atoms with Gasteiger partial charge in [-0.05, 0) is 55.2 Å². The number of rotatable bonds is 8. The molecule has 3 aromatic rings. The van der Waals surface area contributed by atoms with E-state index in [0.717, 1.165) is 42.0 Å². The lowest BCUT2D eigenvalue weighted by atomic mass is 9.78. The van der Waals surface area contributed by atoms with Gasteiger partial charge in [0.25, 0.3) is 0 Å². The monoisotopic (exact) mass is 401 g/mol. The Balaban J connectivity index is 1.58. The highest BCUT2D eigenvalue weighted by atomic mass is 16.5. The summed E-state index contributed by atoms with van der Waals surface area (Å²) in [5, 5.41) is 0. The summed E-state index contributed by atoms with van der Waals surface area (Å²) in [6, 6.07) is 26.1. The molecule has 1 aliphatic rings. The van der Waals surface area contributed by atoms with Crippen LogP contribution in [0, 0.1) is 5.92 Å². The van der Waals surface area contributed by atoms with Crippen LogP contribution in [0.1, 0.15) is 30.0 Å². The number of carbonyl (C=O) groups excluding carboxylic acids is 1. The summed E-state index contributed by atoms with van der Waals surface area (Å²) in [6.45, 7) is 0. The van der Waals surface area contributed by atoms with E-state index in [2.05, 4.69) is 30.3 Å². The summed E-state index contributed by atoms with van der Waals surface area (Å²) in [5.74, 6) is 1.72. The molecule has 154 valence electrons. The standard InChI is InChI=1S/C26H27NO3/c1-29-21-17-15-20(16-18-21)27-25(22-12-6-7-14-24(22)30-2)23(26(27)28)13-8-11-19-9-4-3-5-10-19/h3-7,9-10,12,14-18,23,25H,8,11,13H2,1-2H3/t23-,25-/m1/s1. The molecule has 0 bridgehead atoms. The SMILES string of the molecule is COc1ccc(N2C(=O)[C@H](CCCc3ccccc3)[C@H]2c2ccccc2OC)cc1. The fourth-order valence-corrected chi connectivity index (χ4v) is 4.30. The van der Waals surface area contributed by atoms with Gasteiger partial charge in [0.05, 0.1) is 26.2 Å². The smallest absolute Gasteiger partial charge is 0.233 e. The molecule has 4 heteroatoms. The van der Waals surface area contributed by atoms with Crippen molar-refractivity contribution in [2.24, 2.45) is 5.92 Å². The maximum absolute atomic E-state index is 13.2. The van der Waals surface area contributed by atoms with E-state index >= 15 is 0 Å². The van der Waals surface area contributed by atoms with Crippen molar-refractivity contribution < 1.29 is 14.3 Å². The molecule has 1 aliphatic heterocycles. The van der Waals surface area contributed by atoms with E-state index in [-0.39, 0.29) is 17.9 Å². The van der Waals surface area contributed by atoms with Crippen molar-refractivity contribution in [3.05, 3.63) is 90.0 Å². The number of para-hydroxylation sites is 1. The van der Waals surface area contributed by atoms with E-state index in [1.54, 1.807) is 14.2 Å². The van der Waals surface area contributed by atoms with Crippen molar-refractivity contribution in [3.63, 3.8) is 0 Å². The van der Waals surface area contributed by atoms with Crippen LogP contribution < -0.4 is 14.4 Å². The lowest BCUT2D eigenvalue weighted by Gasteiger charge is -2.48. The Morgan fingerprint density at radius 3 is 2.23 bits per heavy atom. The maximum atomic E-state index is 13.2. The van der Waals surface area contributed by atoms with E-state index in [9.17, 15) is 4.79 Å². The highest BCUT2D eigenvalue weighted by Crippen LogP contribution is 2.48. The van der Waals surface area contributed by atoms with E-state index in [1.807, 2.05) is 53.4 Å². The quantitative estimate of drug-likeness (QED) is 0.472. The van der Waals surface area contributed by atoms with E-state index in [4.69, 9.17) is 9.47 Å². The fourth-order valence-electron chi connectivity index (χ4n) is 4.30. The molecule has 0 spiro atoms. The number of benzene rings is 3. The Kier molecular flexibility index (Phi) is 6.03. The minimum absolute atomic E-state index is 0.0298. The molecule has 1 saturated heterocycles. The van der Waals surface area contributed by atoms with Crippen LogP contribution in [0.4, 0.5) is 5.69 Å². The van der Waals surface area contributed by atoms with Gasteiger partial charge in [0.2, 0.25) is 5.91 Å². The minimum atomic E-state index is -0.0490. The topological polar surface area (TPSA) is 38.8 Å². The van der Waals surface area contributed by atoms with E-state index in [0.29, 0.717) is 0 Å². The Labute approximate surface area is 178 Å². The van der Waals surface area contributed by atoms with Gasteiger partial charge in [0, 0.05) is 11.3 Å². The fraction of sp³-hybridized carbons (Fsp3) is 0.269. The minimum Gasteiger partial charge on any atom is -0.497 e. The third-order valence-electron chi connectivity index (χ3n) is 5.85. The molecule has 0 saturated carbocycles. The molecule has 1 fully saturated rings. The van der Waals surface area contributed by atoms with Crippen LogP contribution in [0.15, 0.2) is 78.9 Å². The van der Waals surface area contributed by atoms with Crippen molar-refractivity contribution in [2.75, 3.05) is 19.1 Å². The number of hydrogen-bond acceptors (Lipinski definition) is 3. The number of anilines is 1. The number of hydrogen-bond donors (Lipinski definition) is 0.